The maximum atomic E-state index is 12.8. The summed E-state index contributed by atoms with van der Waals surface area (Å²) >= 11 is 0. The summed E-state index contributed by atoms with van der Waals surface area (Å²) in [4.78, 5) is 15.0. The minimum Gasteiger partial charge on any atom is -0.337 e. The highest BCUT2D eigenvalue weighted by Crippen LogP contribution is 2.40. The smallest absolute Gasteiger partial charge is 0.223 e. The molecule has 2 unspecified atom stereocenters. The number of carbonyl (C=O) groups excluding carboxylic acids is 1. The Balaban J connectivity index is 1.55. The number of hydrogen-bond acceptors (Lipinski definition) is 2. The molecule has 1 amide bonds. The first-order valence-corrected chi connectivity index (χ1v) is 8.68. The van der Waals surface area contributed by atoms with Crippen molar-refractivity contribution < 1.29 is 4.79 Å². The Morgan fingerprint density at radius 3 is 2.25 bits per heavy atom. The van der Waals surface area contributed by atoms with Crippen LogP contribution in [0.5, 0.6) is 0 Å². The van der Waals surface area contributed by atoms with Crippen molar-refractivity contribution in [2.75, 3.05) is 13.1 Å². The van der Waals surface area contributed by atoms with Crippen LogP contribution in [0.25, 0.3) is 0 Å². The zero-order chi connectivity index (χ0) is 14.1. The summed E-state index contributed by atoms with van der Waals surface area (Å²) < 4.78 is 0. The van der Waals surface area contributed by atoms with E-state index in [1.165, 1.54) is 38.5 Å². The lowest BCUT2D eigenvalue weighted by Gasteiger charge is -2.33. The van der Waals surface area contributed by atoms with Crippen LogP contribution in [0.1, 0.15) is 58.8 Å². The molecule has 0 radical (unpaired) electrons. The monoisotopic (exact) mass is 278 g/mol. The third kappa shape index (κ3) is 3.36. The average molecular weight is 278 g/mol. The molecule has 2 atom stereocenters. The van der Waals surface area contributed by atoms with E-state index in [-0.39, 0.29) is 0 Å². The normalized spacial score (nSPS) is 27.1. The van der Waals surface area contributed by atoms with Gasteiger partial charge in [0, 0.05) is 18.5 Å². The van der Waals surface area contributed by atoms with Gasteiger partial charge in [0.1, 0.15) is 0 Å². The molecule has 1 saturated heterocycles. The fourth-order valence-corrected chi connectivity index (χ4v) is 3.88. The summed E-state index contributed by atoms with van der Waals surface area (Å²) in [5, 5.41) is 3.42. The van der Waals surface area contributed by atoms with Gasteiger partial charge in [-0.1, -0.05) is 6.92 Å². The fourth-order valence-electron chi connectivity index (χ4n) is 3.88. The Morgan fingerprint density at radius 1 is 1.05 bits per heavy atom. The maximum absolute atomic E-state index is 12.8. The predicted octanol–water partition coefficient (Wildman–Crippen LogP) is 2.80. The van der Waals surface area contributed by atoms with Crippen LogP contribution in [-0.4, -0.2) is 36.0 Å². The molecule has 1 heterocycles. The second-order valence-electron chi connectivity index (χ2n) is 7.38. The summed E-state index contributed by atoms with van der Waals surface area (Å²) in [7, 11) is 0. The highest BCUT2D eigenvalue weighted by molar-refractivity contribution is 5.77. The molecule has 114 valence electrons. The summed E-state index contributed by atoms with van der Waals surface area (Å²) in [6, 6.07) is 1.08. The molecule has 3 fully saturated rings. The molecule has 2 saturated carbocycles. The topological polar surface area (TPSA) is 32.3 Å². The molecule has 3 nitrogen and oxygen atoms in total. The second kappa shape index (κ2) is 6.05. The molecule has 0 spiro atoms. The van der Waals surface area contributed by atoms with Crippen LogP contribution in [-0.2, 0) is 4.79 Å². The Labute approximate surface area is 123 Å². The van der Waals surface area contributed by atoms with Gasteiger partial charge in [0.05, 0.1) is 0 Å². The van der Waals surface area contributed by atoms with Gasteiger partial charge in [0.15, 0.2) is 0 Å². The number of nitrogens with zero attached hydrogens (tertiary/aromatic N) is 1. The number of hydrogen-bond donors (Lipinski definition) is 1. The molecule has 20 heavy (non-hydrogen) atoms. The van der Waals surface area contributed by atoms with E-state index in [1.807, 2.05) is 0 Å². The van der Waals surface area contributed by atoms with E-state index in [9.17, 15) is 4.79 Å². The number of carbonyl (C=O) groups is 1. The lowest BCUT2D eigenvalue weighted by molar-refractivity contribution is -0.135. The van der Waals surface area contributed by atoms with E-state index in [2.05, 4.69) is 24.1 Å². The molecule has 2 aliphatic carbocycles. The van der Waals surface area contributed by atoms with Gasteiger partial charge in [-0.05, 0) is 76.3 Å². The molecular formula is C17H30N2O. The summed E-state index contributed by atoms with van der Waals surface area (Å²) in [5.74, 6) is 2.54. The highest BCUT2D eigenvalue weighted by atomic mass is 16.2. The fraction of sp³-hybridized carbons (Fsp3) is 0.941. The van der Waals surface area contributed by atoms with Crippen molar-refractivity contribution in [1.29, 1.82) is 0 Å². The van der Waals surface area contributed by atoms with Crippen LogP contribution in [0.2, 0.25) is 0 Å². The van der Waals surface area contributed by atoms with Crippen molar-refractivity contribution in [3.05, 3.63) is 0 Å². The van der Waals surface area contributed by atoms with Crippen LogP contribution in [0.15, 0.2) is 0 Å². The zero-order valence-electron chi connectivity index (χ0n) is 13.1. The van der Waals surface area contributed by atoms with E-state index in [0.29, 0.717) is 23.9 Å². The van der Waals surface area contributed by atoms with Crippen LogP contribution < -0.4 is 5.32 Å². The van der Waals surface area contributed by atoms with Gasteiger partial charge in [-0.3, -0.25) is 4.79 Å². The van der Waals surface area contributed by atoms with Gasteiger partial charge >= 0.3 is 0 Å². The number of piperidine rings is 1. The first-order chi connectivity index (χ1) is 9.66. The molecule has 3 heteroatoms. The Bertz CT molecular complexity index is 343. The molecule has 1 N–H and O–H groups in total. The molecule has 0 aromatic carbocycles. The SMILES string of the molecule is CC(CC(=O)N(C1CC1)C(C)C1CC1)C1CCNCC1. The van der Waals surface area contributed by atoms with Gasteiger partial charge < -0.3 is 10.2 Å². The predicted molar refractivity (Wildman–Crippen MR) is 81.4 cm³/mol. The van der Waals surface area contributed by atoms with Gasteiger partial charge in [-0.2, -0.15) is 0 Å². The van der Waals surface area contributed by atoms with Crippen LogP contribution in [0, 0.1) is 17.8 Å². The Morgan fingerprint density at radius 2 is 1.70 bits per heavy atom. The van der Waals surface area contributed by atoms with E-state index < -0.39 is 0 Å². The highest BCUT2D eigenvalue weighted by Gasteiger charge is 2.41. The van der Waals surface area contributed by atoms with Gasteiger partial charge in [-0.15, -0.1) is 0 Å². The zero-order valence-corrected chi connectivity index (χ0v) is 13.1. The van der Waals surface area contributed by atoms with Crippen molar-refractivity contribution in [1.82, 2.24) is 10.2 Å². The molecule has 3 aliphatic rings. The number of rotatable bonds is 6. The summed E-state index contributed by atoms with van der Waals surface area (Å²) in [6.07, 6.45) is 8.42. The van der Waals surface area contributed by atoms with Gasteiger partial charge in [0.25, 0.3) is 0 Å². The summed E-state index contributed by atoms with van der Waals surface area (Å²) in [5.41, 5.74) is 0. The number of amides is 1. The van der Waals surface area contributed by atoms with Gasteiger partial charge in [-0.25, -0.2) is 0 Å². The molecular weight excluding hydrogens is 248 g/mol. The Hall–Kier alpha value is -0.570. The van der Waals surface area contributed by atoms with E-state index in [1.54, 1.807) is 0 Å². The van der Waals surface area contributed by atoms with Gasteiger partial charge in [0.2, 0.25) is 5.91 Å². The van der Waals surface area contributed by atoms with E-state index in [4.69, 9.17) is 0 Å². The van der Waals surface area contributed by atoms with Crippen molar-refractivity contribution in [3.8, 4) is 0 Å². The van der Waals surface area contributed by atoms with Crippen molar-refractivity contribution in [2.24, 2.45) is 17.8 Å². The standard InChI is InChI=1S/C17H30N2O/c1-12(14-7-9-18-10-8-14)11-17(20)19(16-5-6-16)13(2)15-3-4-15/h12-16,18H,3-11H2,1-2H3. The van der Waals surface area contributed by atoms with Crippen molar-refractivity contribution in [3.63, 3.8) is 0 Å². The van der Waals surface area contributed by atoms with Crippen LogP contribution >= 0.6 is 0 Å². The number of nitrogens with one attached hydrogen (secondary N) is 1. The summed E-state index contributed by atoms with van der Waals surface area (Å²) in [6.45, 7) is 6.84. The molecule has 0 aromatic rings. The molecule has 0 aromatic heterocycles. The minimum absolute atomic E-state index is 0.443. The molecule has 3 rings (SSSR count). The quantitative estimate of drug-likeness (QED) is 0.810. The maximum Gasteiger partial charge on any atom is 0.223 e. The third-order valence-electron chi connectivity index (χ3n) is 5.66. The first-order valence-electron chi connectivity index (χ1n) is 8.68. The van der Waals surface area contributed by atoms with Crippen LogP contribution in [0.4, 0.5) is 0 Å². The lowest BCUT2D eigenvalue weighted by Crippen LogP contribution is -2.43. The van der Waals surface area contributed by atoms with Crippen molar-refractivity contribution >= 4 is 5.91 Å². The van der Waals surface area contributed by atoms with E-state index >= 15 is 0 Å². The van der Waals surface area contributed by atoms with Crippen LogP contribution in [0.3, 0.4) is 0 Å². The molecule has 0 bridgehead atoms. The first kappa shape index (κ1) is 14.4. The third-order valence-corrected chi connectivity index (χ3v) is 5.66. The Kier molecular flexibility index (Phi) is 4.34. The second-order valence-corrected chi connectivity index (χ2v) is 7.38. The lowest BCUT2D eigenvalue weighted by atomic mass is 9.84. The van der Waals surface area contributed by atoms with Crippen molar-refractivity contribution in [2.45, 2.75) is 70.9 Å². The van der Waals surface area contributed by atoms with E-state index in [0.717, 1.165) is 31.3 Å². The average Bonchev–Trinajstić information content (AvgIpc) is 3.31. The minimum atomic E-state index is 0.443. The molecule has 1 aliphatic heterocycles. The largest absolute Gasteiger partial charge is 0.337 e.